The van der Waals surface area contributed by atoms with Gasteiger partial charge in [-0.2, -0.15) is 11.8 Å². The summed E-state index contributed by atoms with van der Waals surface area (Å²) >= 11 is 1.99. The van der Waals surface area contributed by atoms with Crippen LogP contribution in [0.5, 0.6) is 0 Å². The lowest BCUT2D eigenvalue weighted by molar-refractivity contribution is -0.136. The number of carbonyl (C=O) groups excluding carboxylic acids is 1. The Morgan fingerprint density at radius 3 is 2.39 bits per heavy atom. The van der Waals surface area contributed by atoms with Gasteiger partial charge in [-0.1, -0.05) is 33.1 Å². The second-order valence-electron chi connectivity index (χ2n) is 5.91. The summed E-state index contributed by atoms with van der Waals surface area (Å²) in [6, 6.07) is 0.0835. The Kier molecular flexibility index (Phi) is 4.96. The zero-order valence-corrected chi connectivity index (χ0v) is 12.4. The van der Waals surface area contributed by atoms with Gasteiger partial charge in [-0.3, -0.25) is 4.79 Å². The molecule has 1 saturated carbocycles. The van der Waals surface area contributed by atoms with E-state index in [2.05, 4.69) is 18.7 Å². The summed E-state index contributed by atoms with van der Waals surface area (Å²) in [5, 5.41) is 1.11. The van der Waals surface area contributed by atoms with Crippen molar-refractivity contribution >= 4 is 17.7 Å². The van der Waals surface area contributed by atoms with Gasteiger partial charge in [0.15, 0.2) is 0 Å². The van der Waals surface area contributed by atoms with Gasteiger partial charge >= 0.3 is 0 Å². The highest BCUT2D eigenvalue weighted by Crippen LogP contribution is 2.29. The third-order valence-corrected chi connectivity index (χ3v) is 5.35. The summed E-state index contributed by atoms with van der Waals surface area (Å²) in [6.07, 6.45) is 5.60. The van der Waals surface area contributed by atoms with Gasteiger partial charge in [-0.15, -0.1) is 0 Å². The van der Waals surface area contributed by atoms with Gasteiger partial charge in [-0.05, 0) is 12.8 Å². The van der Waals surface area contributed by atoms with E-state index in [4.69, 9.17) is 5.73 Å². The van der Waals surface area contributed by atoms with Crippen molar-refractivity contribution in [1.29, 1.82) is 0 Å². The SMILES string of the molecule is CC1CN(C(=O)C2CCCCCC2N)CC(C)S1. The van der Waals surface area contributed by atoms with E-state index in [9.17, 15) is 4.79 Å². The van der Waals surface area contributed by atoms with E-state index < -0.39 is 0 Å². The number of rotatable bonds is 1. The molecule has 4 heteroatoms. The number of hydrogen-bond donors (Lipinski definition) is 1. The van der Waals surface area contributed by atoms with Crippen molar-refractivity contribution in [2.45, 2.75) is 62.5 Å². The van der Waals surface area contributed by atoms with Crippen LogP contribution in [0.25, 0.3) is 0 Å². The molecule has 2 N–H and O–H groups in total. The molecule has 2 rings (SSSR count). The number of thioether (sulfide) groups is 1. The Balaban J connectivity index is 2.00. The smallest absolute Gasteiger partial charge is 0.227 e. The number of amides is 1. The van der Waals surface area contributed by atoms with Crippen LogP contribution in [-0.4, -0.2) is 40.4 Å². The highest BCUT2D eigenvalue weighted by Gasteiger charge is 2.33. The van der Waals surface area contributed by atoms with Gasteiger partial charge in [0.05, 0.1) is 5.92 Å². The molecule has 0 aromatic carbocycles. The number of carbonyl (C=O) groups is 1. The molecule has 1 aliphatic heterocycles. The van der Waals surface area contributed by atoms with Crippen LogP contribution in [0.4, 0.5) is 0 Å². The molecule has 1 aliphatic carbocycles. The molecule has 0 aromatic heterocycles. The van der Waals surface area contributed by atoms with Crippen LogP contribution in [0.15, 0.2) is 0 Å². The molecule has 2 aliphatic rings. The monoisotopic (exact) mass is 270 g/mol. The maximum Gasteiger partial charge on any atom is 0.227 e. The summed E-state index contributed by atoms with van der Waals surface area (Å²) in [4.78, 5) is 14.7. The number of nitrogens with zero attached hydrogens (tertiary/aromatic N) is 1. The van der Waals surface area contributed by atoms with Gasteiger partial charge < -0.3 is 10.6 Å². The minimum absolute atomic E-state index is 0.0787. The Morgan fingerprint density at radius 1 is 1.11 bits per heavy atom. The molecule has 104 valence electrons. The molecular formula is C14H26N2OS. The highest BCUT2D eigenvalue weighted by molar-refractivity contribution is 8.00. The van der Waals surface area contributed by atoms with E-state index in [1.807, 2.05) is 11.8 Å². The maximum atomic E-state index is 12.6. The van der Waals surface area contributed by atoms with E-state index in [1.54, 1.807) is 0 Å². The van der Waals surface area contributed by atoms with Gasteiger partial charge in [0, 0.05) is 29.6 Å². The summed E-state index contributed by atoms with van der Waals surface area (Å²) in [7, 11) is 0. The zero-order chi connectivity index (χ0) is 13.1. The largest absolute Gasteiger partial charge is 0.340 e. The van der Waals surface area contributed by atoms with Crippen LogP contribution < -0.4 is 5.73 Å². The van der Waals surface area contributed by atoms with E-state index in [0.717, 1.165) is 32.4 Å². The number of nitrogens with two attached hydrogens (primary N) is 1. The summed E-state index contributed by atoms with van der Waals surface area (Å²) < 4.78 is 0. The van der Waals surface area contributed by atoms with Crippen LogP contribution in [-0.2, 0) is 4.79 Å². The summed E-state index contributed by atoms with van der Waals surface area (Å²) in [6.45, 7) is 6.23. The number of hydrogen-bond acceptors (Lipinski definition) is 3. The quantitative estimate of drug-likeness (QED) is 0.743. The minimum atomic E-state index is 0.0787. The van der Waals surface area contributed by atoms with Gasteiger partial charge in [0.2, 0.25) is 5.91 Å². The zero-order valence-electron chi connectivity index (χ0n) is 11.6. The van der Waals surface area contributed by atoms with Crippen LogP contribution in [0.1, 0.15) is 46.0 Å². The van der Waals surface area contributed by atoms with Gasteiger partial charge in [0.25, 0.3) is 0 Å². The Hall–Kier alpha value is -0.220. The third kappa shape index (κ3) is 3.41. The lowest BCUT2D eigenvalue weighted by Gasteiger charge is -2.37. The van der Waals surface area contributed by atoms with E-state index in [1.165, 1.54) is 12.8 Å². The first kappa shape index (κ1) is 14.2. The van der Waals surface area contributed by atoms with Crippen molar-refractivity contribution < 1.29 is 4.79 Å². The molecule has 0 aromatic rings. The van der Waals surface area contributed by atoms with E-state index in [0.29, 0.717) is 16.4 Å². The molecular weight excluding hydrogens is 244 g/mol. The summed E-state index contributed by atoms with van der Waals surface area (Å²) in [5.74, 6) is 0.401. The second kappa shape index (κ2) is 6.29. The molecule has 3 nitrogen and oxygen atoms in total. The fourth-order valence-corrected chi connectivity index (χ4v) is 4.56. The second-order valence-corrected chi connectivity index (χ2v) is 7.79. The molecule has 0 spiro atoms. The highest BCUT2D eigenvalue weighted by atomic mass is 32.2. The lowest BCUT2D eigenvalue weighted by Crippen LogP contribution is -2.50. The standard InChI is InChI=1S/C14H26N2OS/c1-10-8-16(9-11(2)18-10)14(17)12-6-4-3-5-7-13(12)15/h10-13H,3-9,15H2,1-2H3. The third-order valence-electron chi connectivity index (χ3n) is 4.12. The Morgan fingerprint density at radius 2 is 1.72 bits per heavy atom. The molecule has 1 saturated heterocycles. The molecule has 1 amide bonds. The first-order valence-electron chi connectivity index (χ1n) is 7.27. The van der Waals surface area contributed by atoms with Gasteiger partial charge in [-0.25, -0.2) is 0 Å². The molecule has 2 fully saturated rings. The van der Waals surface area contributed by atoms with Crippen LogP contribution in [0.3, 0.4) is 0 Å². The topological polar surface area (TPSA) is 46.3 Å². The Labute approximate surface area is 115 Å². The average Bonchev–Trinajstić information content (AvgIpc) is 2.51. The van der Waals surface area contributed by atoms with Crippen LogP contribution in [0, 0.1) is 5.92 Å². The van der Waals surface area contributed by atoms with Crippen LogP contribution in [0.2, 0.25) is 0 Å². The summed E-state index contributed by atoms with van der Waals surface area (Å²) in [5.41, 5.74) is 6.20. The maximum absolute atomic E-state index is 12.6. The van der Waals surface area contributed by atoms with Crippen molar-refractivity contribution in [1.82, 2.24) is 4.90 Å². The molecule has 18 heavy (non-hydrogen) atoms. The first-order chi connectivity index (χ1) is 8.58. The Bertz CT molecular complexity index is 288. The van der Waals surface area contributed by atoms with Crippen molar-refractivity contribution in [3.05, 3.63) is 0 Å². The lowest BCUT2D eigenvalue weighted by atomic mass is 9.93. The fraction of sp³-hybridized carbons (Fsp3) is 0.929. The molecule has 4 atom stereocenters. The van der Waals surface area contributed by atoms with Crippen molar-refractivity contribution in [2.75, 3.05) is 13.1 Å². The normalized spacial score (nSPS) is 38.3. The van der Waals surface area contributed by atoms with Crippen LogP contribution >= 0.6 is 11.8 Å². The minimum Gasteiger partial charge on any atom is -0.340 e. The molecule has 0 bridgehead atoms. The van der Waals surface area contributed by atoms with E-state index in [-0.39, 0.29) is 12.0 Å². The van der Waals surface area contributed by atoms with Gasteiger partial charge in [0.1, 0.15) is 0 Å². The van der Waals surface area contributed by atoms with E-state index >= 15 is 0 Å². The average molecular weight is 270 g/mol. The molecule has 1 heterocycles. The molecule has 4 unspecified atom stereocenters. The molecule has 0 radical (unpaired) electrons. The predicted molar refractivity (Wildman–Crippen MR) is 77.6 cm³/mol. The van der Waals surface area contributed by atoms with Crippen molar-refractivity contribution in [3.8, 4) is 0 Å². The van der Waals surface area contributed by atoms with Crippen molar-refractivity contribution in [3.63, 3.8) is 0 Å². The predicted octanol–water partition coefficient (Wildman–Crippen LogP) is 2.25. The van der Waals surface area contributed by atoms with Crippen molar-refractivity contribution in [2.24, 2.45) is 11.7 Å². The first-order valence-corrected chi connectivity index (χ1v) is 8.22. The fourth-order valence-electron chi connectivity index (χ4n) is 3.24.